The van der Waals surface area contributed by atoms with Gasteiger partial charge in [-0.3, -0.25) is 0 Å². The first-order valence-corrected chi connectivity index (χ1v) is 7.25. The van der Waals surface area contributed by atoms with Gasteiger partial charge in [0.1, 0.15) is 0 Å². The summed E-state index contributed by atoms with van der Waals surface area (Å²) in [6, 6.07) is 8.01. The Kier molecular flexibility index (Phi) is 2.60. The van der Waals surface area contributed by atoms with E-state index in [4.69, 9.17) is 6.77 Å². The molecule has 1 aromatic rings. The summed E-state index contributed by atoms with van der Waals surface area (Å²) < 4.78 is 31.6. The van der Waals surface area contributed by atoms with Crippen LogP contribution in [0.25, 0.3) is 0 Å². The second-order valence-corrected chi connectivity index (χ2v) is 5.22. The fourth-order valence-corrected chi connectivity index (χ4v) is 1.75. The van der Waals surface area contributed by atoms with E-state index < -0.39 is 20.1 Å². The number of hydrogen-bond donors (Lipinski definition) is 2. The van der Waals surface area contributed by atoms with E-state index in [1.807, 2.05) is 0 Å². The molecule has 2 N–H and O–H groups in total. The van der Waals surface area contributed by atoms with Crippen LogP contribution in [0.1, 0.15) is 0 Å². The van der Waals surface area contributed by atoms with Gasteiger partial charge in [0.05, 0.1) is 0 Å². The van der Waals surface area contributed by atoms with Crippen LogP contribution in [0, 0.1) is 0 Å². The van der Waals surface area contributed by atoms with E-state index in [0.29, 0.717) is 0 Å². The van der Waals surface area contributed by atoms with Crippen molar-refractivity contribution in [2.24, 2.45) is 0 Å². The Labute approximate surface area is 69.1 Å². The molecule has 60 valence electrons. The number of para-hydroxylation sites is 1. The first-order valence-electron chi connectivity index (χ1n) is 2.88. The normalized spacial score (nSPS) is 11.1. The van der Waals surface area contributed by atoms with Gasteiger partial charge in [-0.25, -0.2) is 0 Å². The van der Waals surface area contributed by atoms with Gasteiger partial charge in [-0.15, -0.1) is 0 Å². The van der Waals surface area contributed by atoms with Crippen molar-refractivity contribution in [3.63, 3.8) is 0 Å². The summed E-state index contributed by atoms with van der Waals surface area (Å²) in [6.07, 6.45) is 0. The van der Waals surface area contributed by atoms with E-state index >= 15 is 0 Å². The van der Waals surface area contributed by atoms with Crippen LogP contribution in [0.5, 0.6) is 5.75 Å². The van der Waals surface area contributed by atoms with Crippen LogP contribution in [0.3, 0.4) is 0 Å². The van der Waals surface area contributed by atoms with Gasteiger partial charge in [-0.1, -0.05) is 0 Å². The fourth-order valence-electron chi connectivity index (χ4n) is 0.619. The standard InChI is InChI=1S/C6H6O.2H2O.O.Sb/c7-6-4-2-1-3-5-6;;;;/h1-5,7H;2*1H2;;/q;;;;+3/p-3. The van der Waals surface area contributed by atoms with E-state index in [9.17, 15) is 3.02 Å². The van der Waals surface area contributed by atoms with Crippen molar-refractivity contribution in [3.8, 4) is 5.75 Å². The molecule has 0 unspecified atom stereocenters. The first-order chi connectivity index (χ1) is 5.08. The van der Waals surface area contributed by atoms with Gasteiger partial charge in [0.25, 0.3) is 0 Å². The molecule has 0 atom stereocenters. The molecule has 0 amide bonds. The summed E-state index contributed by atoms with van der Waals surface area (Å²) in [4.78, 5) is 0. The maximum absolute atomic E-state index is 10.4. The third-order valence-electron chi connectivity index (χ3n) is 0.968. The Hall–Kier alpha value is -0.442. The van der Waals surface area contributed by atoms with E-state index in [1.165, 1.54) is 12.1 Å². The predicted octanol–water partition coefficient (Wildman–Crippen LogP) is -0.0839. The van der Waals surface area contributed by atoms with Gasteiger partial charge in [-0.2, -0.15) is 0 Å². The maximum atomic E-state index is 10.4. The van der Waals surface area contributed by atoms with Crippen molar-refractivity contribution in [1.82, 2.24) is 0 Å². The van der Waals surface area contributed by atoms with Crippen LogP contribution in [0.4, 0.5) is 0 Å². The molecule has 0 spiro atoms. The third kappa shape index (κ3) is 3.46. The molecule has 0 saturated carbocycles. The third-order valence-corrected chi connectivity index (χ3v) is 2.25. The van der Waals surface area contributed by atoms with E-state index in [-0.39, 0.29) is 5.75 Å². The zero-order valence-corrected chi connectivity index (χ0v) is 8.10. The number of rotatable bonds is 2. The summed E-state index contributed by atoms with van der Waals surface area (Å²) in [7, 11) is 0. The van der Waals surface area contributed by atoms with E-state index in [2.05, 4.69) is 3.02 Å². The summed E-state index contributed by atoms with van der Waals surface area (Å²) in [5.41, 5.74) is 0. The van der Waals surface area contributed by atoms with Crippen LogP contribution in [0.15, 0.2) is 30.3 Å². The molecule has 0 aromatic heterocycles. The molecule has 0 saturated heterocycles. The topological polar surface area (TPSA) is 66.8 Å². The van der Waals surface area contributed by atoms with Crippen LogP contribution in [-0.2, 0) is 3.02 Å². The molecule has 0 aliphatic rings. The van der Waals surface area contributed by atoms with Crippen molar-refractivity contribution >= 4 is 20.1 Å². The van der Waals surface area contributed by atoms with Crippen LogP contribution in [-0.4, -0.2) is 26.8 Å². The van der Waals surface area contributed by atoms with E-state index in [0.717, 1.165) is 0 Å². The quantitative estimate of drug-likeness (QED) is 0.734. The predicted molar refractivity (Wildman–Crippen MR) is 37.9 cm³/mol. The number of benzene rings is 1. The van der Waals surface area contributed by atoms with Gasteiger partial charge in [0.15, 0.2) is 0 Å². The molecule has 0 aliphatic heterocycles. The Morgan fingerprint density at radius 3 is 2.18 bits per heavy atom. The van der Waals surface area contributed by atoms with Gasteiger partial charge in [-0.05, 0) is 0 Å². The Balaban J connectivity index is 2.74. The van der Waals surface area contributed by atoms with Gasteiger partial charge >= 0.3 is 68.9 Å². The Morgan fingerprint density at radius 2 is 1.73 bits per heavy atom. The summed E-state index contributed by atoms with van der Waals surface area (Å²) in [5, 5.41) is 0. The summed E-state index contributed by atoms with van der Waals surface area (Å²) >= 11 is -5.22. The van der Waals surface area contributed by atoms with Crippen LogP contribution in [0.2, 0.25) is 0 Å². The zero-order valence-electron chi connectivity index (χ0n) is 5.54. The molecule has 11 heavy (non-hydrogen) atoms. The van der Waals surface area contributed by atoms with Crippen molar-refractivity contribution in [2.45, 2.75) is 0 Å². The monoisotopic (exact) mass is 264 g/mol. The molecule has 0 bridgehead atoms. The molecule has 4 nitrogen and oxygen atoms in total. The number of hydrogen-bond acceptors (Lipinski definition) is 2. The van der Waals surface area contributed by atoms with Gasteiger partial charge in [0.2, 0.25) is 0 Å². The second-order valence-electron chi connectivity index (χ2n) is 1.89. The minimum atomic E-state index is -5.22. The van der Waals surface area contributed by atoms with Crippen molar-refractivity contribution in [1.29, 1.82) is 0 Å². The molecular weight excluding hydrogens is 258 g/mol. The second kappa shape index (κ2) is 3.30. The molecule has 5 heteroatoms. The SMILES string of the molecule is [O]=[Sb]([OH])([OH])[O]c1ccccc1. The molecule has 0 heterocycles. The summed E-state index contributed by atoms with van der Waals surface area (Å²) in [5.74, 6) is 0.207. The van der Waals surface area contributed by atoms with Crippen LogP contribution < -0.4 is 3.02 Å². The molecule has 1 aromatic carbocycles. The van der Waals surface area contributed by atoms with Gasteiger partial charge < -0.3 is 0 Å². The molecular formula is C6H7O4Sb. The van der Waals surface area contributed by atoms with Crippen molar-refractivity contribution in [3.05, 3.63) is 30.3 Å². The first kappa shape index (κ1) is 8.65. The molecule has 0 aliphatic carbocycles. The molecule has 0 fully saturated rings. The summed E-state index contributed by atoms with van der Waals surface area (Å²) in [6.45, 7) is 0. The minimum absolute atomic E-state index is 0.207. The Morgan fingerprint density at radius 1 is 1.18 bits per heavy atom. The van der Waals surface area contributed by atoms with Gasteiger partial charge in [0, 0.05) is 0 Å². The van der Waals surface area contributed by atoms with Crippen molar-refractivity contribution in [2.75, 3.05) is 0 Å². The Bertz CT molecular complexity index is 265. The average Bonchev–Trinajstić information content (AvgIpc) is 1.85. The van der Waals surface area contributed by atoms with E-state index in [1.54, 1.807) is 18.2 Å². The molecule has 0 radical (unpaired) electrons. The fraction of sp³-hybridized carbons (Fsp3) is 0. The van der Waals surface area contributed by atoms with Crippen molar-refractivity contribution < 1.29 is 12.8 Å². The zero-order chi connectivity index (χ0) is 8.32. The average molecular weight is 265 g/mol. The molecule has 1 rings (SSSR count). The van der Waals surface area contributed by atoms with Crippen LogP contribution >= 0.6 is 0 Å².